The molecule has 0 aliphatic carbocycles. The van der Waals surface area contributed by atoms with Gasteiger partial charge in [0.2, 0.25) is 0 Å². The molecule has 0 aromatic heterocycles. The summed E-state index contributed by atoms with van der Waals surface area (Å²) >= 11 is 0. The molecule has 6 nitrogen and oxygen atoms in total. The predicted octanol–water partition coefficient (Wildman–Crippen LogP) is 20.0. The van der Waals surface area contributed by atoms with Crippen LogP contribution in [0.1, 0.15) is 258 Å². The Morgan fingerprint density at radius 2 is 0.556 bits per heavy atom. The van der Waals surface area contributed by atoms with Gasteiger partial charge in [-0.3, -0.25) is 14.4 Å². The lowest BCUT2D eigenvalue weighted by Crippen LogP contribution is -2.30. The first-order valence-corrected chi connectivity index (χ1v) is 29.5. The van der Waals surface area contributed by atoms with Crippen molar-refractivity contribution in [3.8, 4) is 0 Å². The Kier molecular flexibility index (Phi) is 55.9. The molecule has 0 spiro atoms. The van der Waals surface area contributed by atoms with E-state index in [0.717, 1.165) is 128 Å². The smallest absolute Gasteiger partial charge is 0.306 e. The highest BCUT2D eigenvalue weighted by molar-refractivity contribution is 5.71. The lowest BCUT2D eigenvalue weighted by molar-refractivity contribution is -0.167. The first kappa shape index (κ1) is 67.8. The lowest BCUT2D eigenvalue weighted by atomic mass is 10.1. The van der Waals surface area contributed by atoms with Crippen LogP contribution in [0.2, 0.25) is 0 Å². The van der Waals surface area contributed by atoms with E-state index in [9.17, 15) is 14.4 Å². The van der Waals surface area contributed by atoms with Gasteiger partial charge in [0, 0.05) is 19.3 Å². The van der Waals surface area contributed by atoms with E-state index in [-0.39, 0.29) is 37.5 Å². The molecule has 0 N–H and O–H groups in total. The van der Waals surface area contributed by atoms with Crippen LogP contribution in [-0.4, -0.2) is 37.2 Å². The van der Waals surface area contributed by atoms with E-state index < -0.39 is 6.10 Å². The zero-order chi connectivity index (χ0) is 52.2. The van der Waals surface area contributed by atoms with Crippen LogP contribution in [0.15, 0.2) is 122 Å². The number of hydrogen-bond donors (Lipinski definition) is 0. The minimum absolute atomic E-state index is 0.109. The van der Waals surface area contributed by atoms with E-state index in [4.69, 9.17) is 14.2 Å². The van der Waals surface area contributed by atoms with E-state index in [1.165, 1.54) is 83.5 Å². The van der Waals surface area contributed by atoms with Crippen molar-refractivity contribution in [2.45, 2.75) is 264 Å². The van der Waals surface area contributed by atoms with E-state index >= 15 is 0 Å². The Morgan fingerprint density at radius 1 is 0.292 bits per heavy atom. The molecule has 6 heteroatoms. The van der Waals surface area contributed by atoms with Crippen molar-refractivity contribution in [1.82, 2.24) is 0 Å². The van der Waals surface area contributed by atoms with Gasteiger partial charge in [-0.05, 0) is 128 Å². The minimum atomic E-state index is -0.816. The van der Waals surface area contributed by atoms with E-state index in [1.54, 1.807) is 0 Å². The van der Waals surface area contributed by atoms with E-state index in [0.29, 0.717) is 19.3 Å². The molecule has 0 aromatic rings. The van der Waals surface area contributed by atoms with Gasteiger partial charge in [-0.1, -0.05) is 232 Å². The number of hydrogen-bond acceptors (Lipinski definition) is 6. The second kappa shape index (κ2) is 59.4. The summed E-state index contributed by atoms with van der Waals surface area (Å²) in [6, 6.07) is 0. The summed E-state index contributed by atoms with van der Waals surface area (Å²) in [5, 5.41) is 0. The molecule has 0 bridgehead atoms. The Balaban J connectivity index is 4.52. The number of carbonyl (C=O) groups is 3. The molecule has 0 aliphatic heterocycles. The van der Waals surface area contributed by atoms with Crippen LogP contribution in [0.4, 0.5) is 0 Å². The zero-order valence-corrected chi connectivity index (χ0v) is 46.7. The molecule has 0 amide bonds. The summed E-state index contributed by atoms with van der Waals surface area (Å²) in [6.07, 6.45) is 81.9. The van der Waals surface area contributed by atoms with Crippen LogP contribution in [0.5, 0.6) is 0 Å². The molecular weight excluding hydrogens is 889 g/mol. The van der Waals surface area contributed by atoms with Gasteiger partial charge in [0.15, 0.2) is 6.10 Å². The third-order valence-electron chi connectivity index (χ3n) is 12.2. The van der Waals surface area contributed by atoms with Crippen LogP contribution in [-0.2, 0) is 28.6 Å². The minimum Gasteiger partial charge on any atom is -0.462 e. The van der Waals surface area contributed by atoms with Gasteiger partial charge in [-0.2, -0.15) is 0 Å². The van der Waals surface area contributed by atoms with E-state index in [1.807, 2.05) is 0 Å². The highest BCUT2D eigenvalue weighted by Gasteiger charge is 2.19. The van der Waals surface area contributed by atoms with Gasteiger partial charge in [0.1, 0.15) is 13.2 Å². The number of rotatable bonds is 52. The van der Waals surface area contributed by atoms with Crippen molar-refractivity contribution in [3.63, 3.8) is 0 Å². The van der Waals surface area contributed by atoms with E-state index in [2.05, 4.69) is 142 Å². The van der Waals surface area contributed by atoms with Crippen molar-refractivity contribution in [2.75, 3.05) is 13.2 Å². The fraction of sp³-hybridized carbons (Fsp3) is 0.652. The Hall–Kier alpha value is -4.19. The largest absolute Gasteiger partial charge is 0.462 e. The van der Waals surface area contributed by atoms with Crippen molar-refractivity contribution < 1.29 is 28.6 Å². The molecule has 408 valence electrons. The monoisotopic (exact) mass is 997 g/mol. The zero-order valence-electron chi connectivity index (χ0n) is 46.7. The molecule has 0 saturated heterocycles. The fourth-order valence-corrected chi connectivity index (χ4v) is 7.75. The van der Waals surface area contributed by atoms with Crippen molar-refractivity contribution in [3.05, 3.63) is 122 Å². The molecule has 0 fully saturated rings. The molecule has 0 aromatic carbocycles. The lowest BCUT2D eigenvalue weighted by Gasteiger charge is -2.18. The predicted molar refractivity (Wildman–Crippen MR) is 311 cm³/mol. The Bertz CT molecular complexity index is 1520. The molecule has 72 heavy (non-hydrogen) atoms. The maximum Gasteiger partial charge on any atom is 0.306 e. The molecule has 1 atom stereocenters. The molecule has 0 radical (unpaired) electrons. The number of esters is 3. The molecule has 0 heterocycles. The summed E-state index contributed by atoms with van der Waals surface area (Å²) in [6.45, 7) is 6.43. The Labute approximate surface area is 443 Å². The SMILES string of the molecule is CC/C=C\C/C=C\C/C=C\C/C=C\C/C=C\C/C=C\C/C=C\CCCC(=O)OCC(COC(=O)CCCCCCC/C=C\C/C=C\CCCCC)OC(=O)CCCCCCC/C=C\CCCCCCCCC. The average Bonchev–Trinajstić information content (AvgIpc) is 3.38. The summed E-state index contributed by atoms with van der Waals surface area (Å²) in [5.41, 5.74) is 0. The second-order valence-corrected chi connectivity index (χ2v) is 19.2. The van der Waals surface area contributed by atoms with Gasteiger partial charge in [-0.25, -0.2) is 0 Å². The highest BCUT2D eigenvalue weighted by Crippen LogP contribution is 2.13. The van der Waals surface area contributed by atoms with Gasteiger partial charge in [0.25, 0.3) is 0 Å². The molecule has 0 saturated carbocycles. The van der Waals surface area contributed by atoms with Crippen molar-refractivity contribution >= 4 is 17.9 Å². The number of unbranched alkanes of at least 4 members (excludes halogenated alkanes) is 21. The molecule has 0 aliphatic rings. The van der Waals surface area contributed by atoms with Crippen LogP contribution in [0.25, 0.3) is 0 Å². The van der Waals surface area contributed by atoms with Gasteiger partial charge < -0.3 is 14.2 Å². The Morgan fingerprint density at radius 3 is 0.944 bits per heavy atom. The van der Waals surface area contributed by atoms with Crippen LogP contribution in [0.3, 0.4) is 0 Å². The molecule has 1 unspecified atom stereocenters. The summed E-state index contributed by atoms with van der Waals surface area (Å²) in [4.78, 5) is 38.2. The summed E-state index contributed by atoms with van der Waals surface area (Å²) in [7, 11) is 0. The van der Waals surface area contributed by atoms with Gasteiger partial charge in [-0.15, -0.1) is 0 Å². The molecule has 0 rings (SSSR count). The van der Waals surface area contributed by atoms with Gasteiger partial charge in [0.05, 0.1) is 0 Å². The van der Waals surface area contributed by atoms with Crippen LogP contribution < -0.4 is 0 Å². The van der Waals surface area contributed by atoms with Crippen LogP contribution >= 0.6 is 0 Å². The fourth-order valence-electron chi connectivity index (χ4n) is 7.75. The standard InChI is InChI=1S/C66H108O6/c1-4-7-10-13-16-19-22-25-28-30-31-32-33-34-35-36-39-41-44-47-50-53-56-59-65(68)71-62-63(61-70-64(67)58-55-52-49-46-43-40-37-27-24-21-18-15-12-9-6-3)72-66(69)60-57-54-51-48-45-42-38-29-26-23-20-17-14-11-8-5-2/h7,10,16,18-19,21,25,27-29,31-32,34-35,37-39,41,47,50,63H,4-6,8-9,11-15,17,20,22-24,26,30,33,36,40,42-46,48-49,51-62H2,1-3H3/b10-7-,19-16-,21-18-,28-25-,32-31-,35-34-,37-27-,38-29-,41-39-,50-47-. The molecular formula is C66H108O6. The summed E-state index contributed by atoms with van der Waals surface area (Å²) < 4.78 is 16.8. The van der Waals surface area contributed by atoms with Crippen LogP contribution in [0, 0.1) is 0 Å². The third kappa shape index (κ3) is 56.7. The first-order chi connectivity index (χ1) is 35.5. The average molecular weight is 998 g/mol. The van der Waals surface area contributed by atoms with Crippen molar-refractivity contribution in [2.24, 2.45) is 0 Å². The maximum absolute atomic E-state index is 12.9. The highest BCUT2D eigenvalue weighted by atomic mass is 16.6. The topological polar surface area (TPSA) is 78.9 Å². The number of ether oxygens (including phenoxy) is 3. The third-order valence-corrected chi connectivity index (χ3v) is 12.2. The number of carbonyl (C=O) groups excluding carboxylic acids is 3. The quantitative estimate of drug-likeness (QED) is 0.0261. The van der Waals surface area contributed by atoms with Crippen molar-refractivity contribution in [1.29, 1.82) is 0 Å². The normalized spacial score (nSPS) is 13.0. The summed E-state index contributed by atoms with van der Waals surface area (Å²) in [5.74, 6) is -0.992. The first-order valence-electron chi connectivity index (χ1n) is 29.5. The maximum atomic E-state index is 12.9. The number of allylic oxidation sites excluding steroid dienone is 20. The second-order valence-electron chi connectivity index (χ2n) is 19.2. The van der Waals surface area contributed by atoms with Gasteiger partial charge >= 0.3 is 17.9 Å².